The van der Waals surface area contributed by atoms with Crippen molar-refractivity contribution in [3.63, 3.8) is 0 Å². The van der Waals surface area contributed by atoms with Gasteiger partial charge in [0.25, 0.3) is 0 Å². The largest absolute Gasteiger partial charge is 0.870 e. The molecule has 0 spiro atoms. The van der Waals surface area contributed by atoms with Gasteiger partial charge >= 0.3 is 87.3 Å². The Hall–Kier alpha value is -0.995. The summed E-state index contributed by atoms with van der Waals surface area (Å²) in [7, 11) is 5.64. The monoisotopic (exact) mass is 222 g/mol. The van der Waals surface area contributed by atoms with Gasteiger partial charge < -0.3 is 11.0 Å². The van der Waals surface area contributed by atoms with E-state index < -0.39 is 0 Å². The third-order valence-electron chi connectivity index (χ3n) is 1.98. The van der Waals surface area contributed by atoms with E-state index in [4.69, 9.17) is 12.6 Å². The summed E-state index contributed by atoms with van der Waals surface area (Å²) in [4.78, 5) is 0. The van der Waals surface area contributed by atoms with Gasteiger partial charge in [-0.15, -0.1) is 0 Å². The SMILES string of the molecule is [B+2]c1cccc(OCCC(C)(C)C)c1.[OH-].[OH-]. The average molecular weight is 222 g/mol. The fourth-order valence-corrected chi connectivity index (χ4v) is 1.08. The molecular formula is C12H19BO3. The Bertz CT molecular complexity index is 295. The van der Waals surface area contributed by atoms with Crippen LogP contribution in [-0.2, 0) is 0 Å². The molecule has 3 nitrogen and oxygen atoms in total. The van der Waals surface area contributed by atoms with Crippen molar-refractivity contribution in [3.8, 4) is 5.75 Å². The van der Waals surface area contributed by atoms with Gasteiger partial charge in [0, 0.05) is 0 Å². The van der Waals surface area contributed by atoms with Crippen LogP contribution in [0.5, 0.6) is 5.75 Å². The summed E-state index contributed by atoms with van der Waals surface area (Å²) >= 11 is 0. The van der Waals surface area contributed by atoms with Crippen molar-refractivity contribution in [1.29, 1.82) is 0 Å². The zero-order chi connectivity index (χ0) is 10.6. The van der Waals surface area contributed by atoms with E-state index in [9.17, 15) is 0 Å². The molecule has 4 heteroatoms. The number of hydrogen-bond acceptors (Lipinski definition) is 3. The van der Waals surface area contributed by atoms with Crippen LogP contribution in [0.2, 0.25) is 0 Å². The van der Waals surface area contributed by atoms with Crippen LogP contribution < -0.4 is 10.2 Å². The summed E-state index contributed by atoms with van der Waals surface area (Å²) in [6.07, 6.45) is 1.04. The summed E-state index contributed by atoms with van der Waals surface area (Å²) in [5.41, 5.74) is 1.07. The molecule has 1 aromatic rings. The van der Waals surface area contributed by atoms with Gasteiger partial charge in [0.2, 0.25) is 0 Å². The van der Waals surface area contributed by atoms with Crippen LogP contribution >= 0.6 is 0 Å². The molecule has 0 amide bonds. The molecule has 88 valence electrons. The molecule has 0 saturated heterocycles. The smallest absolute Gasteiger partial charge is 0.870 e. The van der Waals surface area contributed by atoms with E-state index in [2.05, 4.69) is 20.8 Å². The average Bonchev–Trinajstić information content (AvgIpc) is 2.01. The van der Waals surface area contributed by atoms with Crippen LogP contribution in [-0.4, -0.2) is 25.4 Å². The first-order chi connectivity index (χ1) is 6.47. The van der Waals surface area contributed by atoms with Crippen molar-refractivity contribution >= 4 is 13.3 Å². The van der Waals surface area contributed by atoms with Crippen molar-refractivity contribution in [2.75, 3.05) is 6.61 Å². The molecule has 0 aliphatic heterocycles. The number of rotatable bonds is 3. The predicted molar refractivity (Wildman–Crippen MR) is 65.3 cm³/mol. The first-order valence-electron chi connectivity index (χ1n) is 4.96. The molecule has 0 aromatic heterocycles. The second kappa shape index (κ2) is 7.31. The maximum atomic E-state index is 5.64. The number of hydrogen-bond donors (Lipinski definition) is 0. The Kier molecular flexibility index (Phi) is 7.95. The summed E-state index contributed by atoms with van der Waals surface area (Å²) in [5, 5.41) is 0. The van der Waals surface area contributed by atoms with Gasteiger partial charge in [0.15, 0.2) is 0 Å². The standard InChI is InChI=1S/C12H17BO.2H2O/c1-12(2,3)7-8-14-11-6-4-5-10(13)9-11;;/h4-6,9H,7-8H2,1-3H3;2*1H2/q+2;;/p-2. The molecule has 0 bridgehead atoms. The van der Waals surface area contributed by atoms with Crippen molar-refractivity contribution in [3.05, 3.63) is 24.3 Å². The van der Waals surface area contributed by atoms with Gasteiger partial charge in [-0.2, -0.15) is 0 Å². The van der Waals surface area contributed by atoms with Crippen LogP contribution in [0.15, 0.2) is 24.3 Å². The van der Waals surface area contributed by atoms with E-state index in [1.807, 2.05) is 24.3 Å². The second-order valence-electron chi connectivity index (χ2n) is 4.73. The fraction of sp³-hybridized carbons (Fsp3) is 0.500. The Balaban J connectivity index is 0. The fourth-order valence-electron chi connectivity index (χ4n) is 1.08. The van der Waals surface area contributed by atoms with Crippen molar-refractivity contribution in [2.24, 2.45) is 5.41 Å². The van der Waals surface area contributed by atoms with Crippen LogP contribution in [0.25, 0.3) is 0 Å². The maximum absolute atomic E-state index is 5.64. The second-order valence-corrected chi connectivity index (χ2v) is 4.73. The molecule has 0 heterocycles. The minimum Gasteiger partial charge on any atom is -0.870 e. The first kappa shape index (κ1) is 17.4. The molecule has 0 saturated carbocycles. The predicted octanol–water partition coefficient (Wildman–Crippen LogP) is 1.94. The summed E-state index contributed by atoms with van der Waals surface area (Å²) in [6.45, 7) is 7.36. The summed E-state index contributed by atoms with van der Waals surface area (Å²) in [6, 6.07) is 7.54. The third-order valence-corrected chi connectivity index (χ3v) is 1.98. The molecule has 1 rings (SSSR count). The molecule has 0 fully saturated rings. The van der Waals surface area contributed by atoms with Crippen LogP contribution in [0, 0.1) is 5.41 Å². The zero-order valence-corrected chi connectivity index (χ0v) is 10.1. The molecule has 0 aliphatic carbocycles. The van der Waals surface area contributed by atoms with Crippen molar-refractivity contribution in [1.82, 2.24) is 0 Å². The van der Waals surface area contributed by atoms with E-state index in [-0.39, 0.29) is 11.0 Å². The van der Waals surface area contributed by atoms with Crippen molar-refractivity contribution < 1.29 is 15.7 Å². The first-order valence-corrected chi connectivity index (χ1v) is 4.96. The minimum atomic E-state index is 0. The number of ether oxygens (including phenoxy) is 1. The molecule has 16 heavy (non-hydrogen) atoms. The van der Waals surface area contributed by atoms with E-state index in [0.717, 1.165) is 24.2 Å². The van der Waals surface area contributed by atoms with Gasteiger partial charge in [0.1, 0.15) is 0 Å². The molecular weight excluding hydrogens is 203 g/mol. The normalized spacial score (nSPS) is 10.1. The summed E-state index contributed by atoms with van der Waals surface area (Å²) < 4.78 is 5.58. The third kappa shape index (κ3) is 7.32. The summed E-state index contributed by atoms with van der Waals surface area (Å²) in [5.74, 6) is 0.856. The van der Waals surface area contributed by atoms with Gasteiger partial charge in [-0.3, -0.25) is 0 Å². The molecule has 0 unspecified atom stereocenters. The minimum absolute atomic E-state index is 0. The number of benzene rings is 1. The van der Waals surface area contributed by atoms with E-state index >= 15 is 0 Å². The van der Waals surface area contributed by atoms with Gasteiger partial charge in [-0.1, -0.05) is 0 Å². The van der Waals surface area contributed by atoms with Crippen LogP contribution in [0.1, 0.15) is 27.2 Å². The molecule has 0 radical (unpaired) electrons. The van der Waals surface area contributed by atoms with E-state index in [1.54, 1.807) is 0 Å². The van der Waals surface area contributed by atoms with Gasteiger partial charge in [-0.05, 0) is 0 Å². The zero-order valence-electron chi connectivity index (χ0n) is 10.1. The quantitative estimate of drug-likeness (QED) is 0.733. The Morgan fingerprint density at radius 2 is 1.81 bits per heavy atom. The molecule has 1 aromatic carbocycles. The molecule has 0 aliphatic rings. The Labute approximate surface area is 98.8 Å². The van der Waals surface area contributed by atoms with Crippen LogP contribution in [0.4, 0.5) is 0 Å². The van der Waals surface area contributed by atoms with Gasteiger partial charge in [-0.25, -0.2) is 0 Å². The molecule has 0 atom stereocenters. The molecule has 2 N–H and O–H groups in total. The Morgan fingerprint density at radius 3 is 2.31 bits per heavy atom. The van der Waals surface area contributed by atoms with E-state index in [1.165, 1.54) is 0 Å². The maximum Gasteiger partial charge on any atom is -0.870 e. The van der Waals surface area contributed by atoms with E-state index in [0.29, 0.717) is 5.41 Å². The topological polar surface area (TPSA) is 69.2 Å². The van der Waals surface area contributed by atoms with Crippen LogP contribution in [0.3, 0.4) is 0 Å². The Morgan fingerprint density at radius 1 is 1.19 bits per heavy atom. The van der Waals surface area contributed by atoms with Crippen molar-refractivity contribution in [2.45, 2.75) is 27.2 Å². The van der Waals surface area contributed by atoms with Gasteiger partial charge in [0.05, 0.1) is 0 Å².